The van der Waals surface area contributed by atoms with Crippen molar-refractivity contribution in [2.75, 3.05) is 21.3 Å². The summed E-state index contributed by atoms with van der Waals surface area (Å²) in [6.07, 6.45) is 0. The smallest absolute Gasteiger partial charge is 0.339 e. The molecule has 0 bridgehead atoms. The normalized spacial score (nSPS) is 11.1. The Morgan fingerprint density at radius 2 is 1.83 bits per heavy atom. The molecular weight excluding hydrogens is 281 g/mol. The molecule has 0 unspecified atom stereocenters. The molecule has 0 N–H and O–H groups in total. The van der Waals surface area contributed by atoms with Crippen molar-refractivity contribution in [3.05, 3.63) is 33.3 Å². The van der Waals surface area contributed by atoms with E-state index in [1.807, 2.05) is 0 Å². The van der Waals surface area contributed by atoms with E-state index in [1.54, 1.807) is 0 Å². The first-order chi connectivity index (χ1) is 8.56. The van der Waals surface area contributed by atoms with E-state index in [0.717, 1.165) is 0 Å². The fraction of sp³-hybridized carbons (Fsp3) is 0.273. The summed E-state index contributed by atoms with van der Waals surface area (Å²) < 4.78 is 9.62. The molecule has 1 aromatic rings. The Morgan fingerprint density at radius 3 is 2.33 bits per heavy atom. The van der Waals surface area contributed by atoms with Gasteiger partial charge in [-0.1, -0.05) is 23.2 Å². The largest absolute Gasteiger partial charge is 0.478 e. The molecule has 0 aliphatic rings. The Morgan fingerprint density at radius 1 is 1.17 bits per heavy atom. The van der Waals surface area contributed by atoms with Gasteiger partial charge >= 0.3 is 5.97 Å². The lowest BCUT2D eigenvalue weighted by atomic mass is 10.1. The second-order valence-corrected chi connectivity index (χ2v) is 3.84. The number of ether oxygens (including phenoxy) is 2. The van der Waals surface area contributed by atoms with Crippen LogP contribution in [0.5, 0.6) is 0 Å². The molecule has 0 saturated heterocycles. The summed E-state index contributed by atoms with van der Waals surface area (Å²) in [5.41, 5.74) is 0.435. The number of nitrogens with zero attached hydrogens (tertiary/aromatic N) is 1. The van der Waals surface area contributed by atoms with Gasteiger partial charge in [-0.3, -0.25) is 0 Å². The van der Waals surface area contributed by atoms with Crippen molar-refractivity contribution in [1.82, 2.24) is 0 Å². The first-order valence-corrected chi connectivity index (χ1v) is 5.54. The molecule has 5 nitrogen and oxygen atoms in total. The molecule has 0 amide bonds. The van der Waals surface area contributed by atoms with E-state index in [-0.39, 0.29) is 27.1 Å². The number of methoxy groups -OCH3 is 2. The zero-order valence-electron chi connectivity index (χ0n) is 9.99. The number of oxime groups is 1. The van der Waals surface area contributed by atoms with Crippen molar-refractivity contribution in [2.45, 2.75) is 0 Å². The highest BCUT2D eigenvalue weighted by atomic mass is 35.5. The van der Waals surface area contributed by atoms with Crippen LogP contribution in [0, 0.1) is 0 Å². The monoisotopic (exact) mass is 291 g/mol. The Bertz CT molecular complexity index is 488. The minimum absolute atomic E-state index is 0.0678. The van der Waals surface area contributed by atoms with Gasteiger partial charge in [0.05, 0.1) is 35.4 Å². The summed E-state index contributed by atoms with van der Waals surface area (Å²) in [6, 6.07) is 2.96. The molecule has 0 atom stereocenters. The lowest BCUT2D eigenvalue weighted by molar-refractivity contribution is 0.0601. The van der Waals surface area contributed by atoms with Crippen LogP contribution in [0.3, 0.4) is 0 Å². The van der Waals surface area contributed by atoms with E-state index in [9.17, 15) is 4.79 Å². The minimum Gasteiger partial charge on any atom is -0.478 e. The van der Waals surface area contributed by atoms with E-state index in [2.05, 4.69) is 14.7 Å². The third kappa shape index (κ3) is 2.86. The summed E-state index contributed by atoms with van der Waals surface area (Å²) in [5.74, 6) is -0.510. The number of halogens is 2. The van der Waals surface area contributed by atoms with Gasteiger partial charge in [-0.15, -0.1) is 0 Å². The molecule has 0 heterocycles. The lowest BCUT2D eigenvalue weighted by Crippen LogP contribution is -2.10. The van der Waals surface area contributed by atoms with Crippen molar-refractivity contribution in [3.63, 3.8) is 0 Å². The SMILES string of the molecule is CON=C(OC)c1c(Cl)ccc(C(=O)OC)c1Cl. The summed E-state index contributed by atoms with van der Waals surface area (Å²) >= 11 is 12.1. The van der Waals surface area contributed by atoms with Gasteiger partial charge in [0, 0.05) is 0 Å². The highest BCUT2D eigenvalue weighted by Gasteiger charge is 2.21. The first-order valence-electron chi connectivity index (χ1n) is 4.78. The number of rotatable bonds is 3. The van der Waals surface area contributed by atoms with Gasteiger partial charge in [0.2, 0.25) is 0 Å². The van der Waals surface area contributed by atoms with Crippen molar-refractivity contribution >= 4 is 35.1 Å². The molecule has 0 saturated carbocycles. The number of carbonyl (C=O) groups is 1. The maximum absolute atomic E-state index is 11.5. The van der Waals surface area contributed by atoms with Crippen LogP contribution in [0.1, 0.15) is 15.9 Å². The molecule has 0 spiro atoms. The average molecular weight is 292 g/mol. The Balaban J connectivity index is 3.43. The lowest BCUT2D eigenvalue weighted by Gasteiger charge is -2.11. The minimum atomic E-state index is -0.578. The van der Waals surface area contributed by atoms with Crippen molar-refractivity contribution in [3.8, 4) is 0 Å². The van der Waals surface area contributed by atoms with Crippen LogP contribution >= 0.6 is 23.2 Å². The molecule has 1 rings (SSSR count). The van der Waals surface area contributed by atoms with Crippen LogP contribution in [0.25, 0.3) is 0 Å². The fourth-order valence-corrected chi connectivity index (χ4v) is 1.89. The number of hydrogen-bond acceptors (Lipinski definition) is 5. The average Bonchev–Trinajstić information content (AvgIpc) is 2.37. The maximum Gasteiger partial charge on any atom is 0.339 e. The van der Waals surface area contributed by atoms with E-state index in [1.165, 1.54) is 33.5 Å². The summed E-state index contributed by atoms with van der Waals surface area (Å²) in [4.78, 5) is 16.1. The predicted octanol–water partition coefficient (Wildman–Crippen LogP) is 2.73. The Kier molecular flexibility index (Phi) is 5.25. The van der Waals surface area contributed by atoms with Crippen LogP contribution in [0.15, 0.2) is 17.3 Å². The highest BCUT2D eigenvalue weighted by molar-refractivity contribution is 6.41. The standard InChI is InChI=1S/C11H11Cl2NO4/c1-16-10(14-18-3)8-7(12)5-4-6(9(8)13)11(15)17-2/h4-5H,1-3H3. The number of esters is 1. The topological polar surface area (TPSA) is 57.1 Å². The van der Waals surface area contributed by atoms with Gasteiger partial charge < -0.3 is 14.3 Å². The van der Waals surface area contributed by atoms with E-state index >= 15 is 0 Å². The van der Waals surface area contributed by atoms with Crippen LogP contribution < -0.4 is 0 Å². The van der Waals surface area contributed by atoms with Crippen LogP contribution in [0.4, 0.5) is 0 Å². The van der Waals surface area contributed by atoms with Crippen LogP contribution in [0.2, 0.25) is 10.0 Å². The molecule has 7 heteroatoms. The molecule has 0 radical (unpaired) electrons. The van der Waals surface area contributed by atoms with Crippen LogP contribution in [-0.4, -0.2) is 33.2 Å². The number of benzene rings is 1. The van der Waals surface area contributed by atoms with E-state index in [0.29, 0.717) is 0 Å². The zero-order valence-corrected chi connectivity index (χ0v) is 11.5. The van der Waals surface area contributed by atoms with Crippen molar-refractivity contribution in [2.24, 2.45) is 5.16 Å². The zero-order chi connectivity index (χ0) is 13.7. The number of hydrogen-bond donors (Lipinski definition) is 0. The van der Waals surface area contributed by atoms with Gasteiger partial charge in [0.1, 0.15) is 7.11 Å². The Labute approximate surface area is 114 Å². The highest BCUT2D eigenvalue weighted by Crippen LogP contribution is 2.29. The van der Waals surface area contributed by atoms with Crippen molar-refractivity contribution in [1.29, 1.82) is 0 Å². The van der Waals surface area contributed by atoms with Gasteiger partial charge in [-0.25, -0.2) is 4.79 Å². The predicted molar refractivity (Wildman–Crippen MR) is 68.4 cm³/mol. The molecule has 0 aromatic heterocycles. The quantitative estimate of drug-likeness (QED) is 0.372. The molecule has 98 valence electrons. The van der Waals surface area contributed by atoms with Gasteiger partial charge in [-0.05, 0) is 17.3 Å². The second-order valence-electron chi connectivity index (χ2n) is 3.06. The molecule has 0 fully saturated rings. The molecule has 0 aliphatic heterocycles. The van der Waals surface area contributed by atoms with Gasteiger partial charge in [0.25, 0.3) is 5.90 Å². The maximum atomic E-state index is 11.5. The van der Waals surface area contributed by atoms with Crippen molar-refractivity contribution < 1.29 is 19.1 Å². The second kappa shape index (κ2) is 6.47. The number of carbonyl (C=O) groups excluding carboxylic acids is 1. The third-order valence-corrected chi connectivity index (χ3v) is 2.79. The summed E-state index contributed by atoms with van der Waals surface area (Å²) in [6.45, 7) is 0. The molecular formula is C11H11Cl2NO4. The molecule has 18 heavy (non-hydrogen) atoms. The Hall–Kier alpha value is -1.46. The van der Waals surface area contributed by atoms with E-state index in [4.69, 9.17) is 27.9 Å². The van der Waals surface area contributed by atoms with Gasteiger partial charge in [0.15, 0.2) is 0 Å². The fourth-order valence-electron chi connectivity index (χ4n) is 1.28. The molecule has 0 aliphatic carbocycles. The molecule has 1 aromatic carbocycles. The summed E-state index contributed by atoms with van der Waals surface area (Å²) in [5, 5.41) is 4.01. The third-order valence-electron chi connectivity index (χ3n) is 2.08. The van der Waals surface area contributed by atoms with Crippen LogP contribution in [-0.2, 0) is 14.3 Å². The van der Waals surface area contributed by atoms with Gasteiger partial charge in [-0.2, -0.15) is 0 Å². The summed E-state index contributed by atoms with van der Waals surface area (Å²) in [7, 11) is 3.99. The van der Waals surface area contributed by atoms with E-state index < -0.39 is 5.97 Å². The first kappa shape index (κ1) is 14.6.